The van der Waals surface area contributed by atoms with Gasteiger partial charge in [-0.05, 0) is 48.7 Å². The highest BCUT2D eigenvalue weighted by atomic mass is 32.2. The van der Waals surface area contributed by atoms with E-state index in [9.17, 15) is 26.4 Å². The van der Waals surface area contributed by atoms with Gasteiger partial charge in [0.15, 0.2) is 5.16 Å². The molecule has 0 N–H and O–H groups in total. The van der Waals surface area contributed by atoms with Crippen LogP contribution >= 0.6 is 11.8 Å². The van der Waals surface area contributed by atoms with E-state index in [1.807, 2.05) is 0 Å². The first-order valence-corrected chi connectivity index (χ1v) is 12.5. The number of benzene rings is 2. The van der Waals surface area contributed by atoms with Crippen LogP contribution in [-0.2, 0) is 10.0 Å². The van der Waals surface area contributed by atoms with Crippen molar-refractivity contribution in [3.63, 3.8) is 0 Å². The minimum absolute atomic E-state index is 0.0538. The molecule has 33 heavy (non-hydrogen) atoms. The second-order valence-corrected chi connectivity index (χ2v) is 9.89. The van der Waals surface area contributed by atoms with Gasteiger partial charge < -0.3 is 4.90 Å². The van der Waals surface area contributed by atoms with Crippen LogP contribution in [0.1, 0.15) is 10.5 Å². The number of carbonyl (C=O) groups is 1. The van der Waals surface area contributed by atoms with Crippen molar-refractivity contribution in [1.82, 2.24) is 18.8 Å². The molecule has 0 spiro atoms. The molecule has 1 aliphatic heterocycles. The summed E-state index contributed by atoms with van der Waals surface area (Å²) >= 11 is 1.32. The Balaban J connectivity index is 1.54. The lowest BCUT2D eigenvalue weighted by molar-refractivity contribution is 0.0689. The van der Waals surface area contributed by atoms with Crippen LogP contribution in [-0.4, -0.2) is 65.5 Å². The highest BCUT2D eigenvalue weighted by Crippen LogP contribution is 2.25. The predicted molar refractivity (Wildman–Crippen MR) is 116 cm³/mol. The van der Waals surface area contributed by atoms with Crippen LogP contribution < -0.4 is 0 Å². The summed E-state index contributed by atoms with van der Waals surface area (Å²) in [7, 11) is -4.26. The SMILES string of the molecule is CSc1ncc(C(=O)N2CCN(S(=O)(=O)c3cc(F)ccc3F)CC2)n1-c1ccc(F)cc1. The van der Waals surface area contributed by atoms with Crippen LogP contribution in [0.5, 0.6) is 0 Å². The van der Waals surface area contributed by atoms with Gasteiger partial charge in [-0.1, -0.05) is 11.8 Å². The summed E-state index contributed by atoms with van der Waals surface area (Å²) in [6.45, 7) is -0.0510. The number of sulfonamides is 1. The van der Waals surface area contributed by atoms with E-state index in [-0.39, 0.29) is 37.8 Å². The molecule has 2 aromatic carbocycles. The van der Waals surface area contributed by atoms with Crippen molar-refractivity contribution in [1.29, 1.82) is 0 Å². The van der Waals surface area contributed by atoms with Gasteiger partial charge in [0.1, 0.15) is 28.0 Å². The fraction of sp³-hybridized carbons (Fsp3) is 0.238. The molecule has 4 rings (SSSR count). The minimum atomic E-state index is -4.26. The Kier molecular flexibility index (Phi) is 6.50. The third-order valence-corrected chi connectivity index (χ3v) is 7.82. The standard InChI is InChI=1S/C21H19F3N4O3S2/c1-32-21-25-13-18(28(21)16-5-2-14(22)3-6-16)20(29)26-8-10-27(11-9-26)33(30,31)19-12-15(23)4-7-17(19)24/h2-7,12-13H,8-11H2,1H3. The van der Waals surface area contributed by atoms with Crippen molar-refractivity contribution in [2.24, 2.45) is 0 Å². The van der Waals surface area contributed by atoms with Crippen molar-refractivity contribution in [2.75, 3.05) is 32.4 Å². The van der Waals surface area contributed by atoms with E-state index in [2.05, 4.69) is 4.98 Å². The van der Waals surface area contributed by atoms with Crippen molar-refractivity contribution in [3.05, 3.63) is 71.8 Å². The zero-order valence-electron chi connectivity index (χ0n) is 17.4. The van der Waals surface area contributed by atoms with Gasteiger partial charge in [0.25, 0.3) is 5.91 Å². The summed E-state index contributed by atoms with van der Waals surface area (Å²) in [6, 6.07) is 7.89. The molecule has 3 aromatic rings. The van der Waals surface area contributed by atoms with Crippen LogP contribution in [0.4, 0.5) is 13.2 Å². The Morgan fingerprint density at radius 2 is 1.61 bits per heavy atom. The molecule has 0 aliphatic carbocycles. The van der Waals surface area contributed by atoms with Gasteiger partial charge >= 0.3 is 0 Å². The molecule has 0 radical (unpaired) electrons. The van der Waals surface area contributed by atoms with Gasteiger partial charge in [0.2, 0.25) is 10.0 Å². The summed E-state index contributed by atoms with van der Waals surface area (Å²) in [5, 5.41) is 0.535. The number of hydrogen-bond donors (Lipinski definition) is 0. The highest BCUT2D eigenvalue weighted by molar-refractivity contribution is 7.98. The Labute approximate surface area is 192 Å². The first-order chi connectivity index (χ1) is 15.7. The van der Waals surface area contributed by atoms with Crippen LogP contribution in [0, 0.1) is 17.5 Å². The van der Waals surface area contributed by atoms with E-state index in [0.717, 1.165) is 16.4 Å². The van der Waals surface area contributed by atoms with E-state index in [1.165, 1.54) is 47.1 Å². The number of halogens is 3. The van der Waals surface area contributed by atoms with Crippen LogP contribution in [0.3, 0.4) is 0 Å². The quantitative estimate of drug-likeness (QED) is 0.508. The molecule has 0 bridgehead atoms. The zero-order valence-corrected chi connectivity index (χ0v) is 19.0. The number of aromatic nitrogens is 2. The summed E-state index contributed by atoms with van der Waals surface area (Å²) < 4.78 is 69.1. The third-order valence-electron chi connectivity index (χ3n) is 5.25. The molecule has 1 fully saturated rings. The first kappa shape index (κ1) is 23.3. The number of hydrogen-bond acceptors (Lipinski definition) is 5. The van der Waals surface area contributed by atoms with Crippen LogP contribution in [0.25, 0.3) is 5.69 Å². The first-order valence-electron chi connectivity index (χ1n) is 9.84. The van der Waals surface area contributed by atoms with Crippen molar-refractivity contribution in [3.8, 4) is 5.69 Å². The smallest absolute Gasteiger partial charge is 0.272 e. The fourth-order valence-corrected chi connectivity index (χ4v) is 5.62. The Morgan fingerprint density at radius 1 is 0.970 bits per heavy atom. The summed E-state index contributed by atoms with van der Waals surface area (Å²) in [5.41, 5.74) is 0.808. The minimum Gasteiger partial charge on any atom is -0.335 e. The number of amides is 1. The van der Waals surface area contributed by atoms with Crippen LogP contribution in [0.2, 0.25) is 0 Å². The molecule has 7 nitrogen and oxygen atoms in total. The summed E-state index contributed by atoms with van der Waals surface area (Å²) in [4.78, 5) is 18.2. The maximum absolute atomic E-state index is 14.0. The fourth-order valence-electron chi connectivity index (χ4n) is 3.58. The molecule has 174 valence electrons. The number of piperazine rings is 1. The van der Waals surface area contributed by atoms with Gasteiger partial charge in [0, 0.05) is 31.9 Å². The largest absolute Gasteiger partial charge is 0.335 e. The predicted octanol–water partition coefficient (Wildman–Crippen LogP) is 3.16. The molecule has 0 atom stereocenters. The van der Waals surface area contributed by atoms with Gasteiger partial charge in [-0.25, -0.2) is 26.6 Å². The van der Waals surface area contributed by atoms with Gasteiger partial charge in [-0.2, -0.15) is 4.31 Å². The number of rotatable bonds is 5. The Bertz CT molecular complexity index is 1290. The number of nitrogens with zero attached hydrogens (tertiary/aromatic N) is 4. The lowest BCUT2D eigenvalue weighted by Crippen LogP contribution is -2.50. The van der Waals surface area contributed by atoms with Gasteiger partial charge in [0.05, 0.1) is 6.20 Å². The maximum Gasteiger partial charge on any atom is 0.272 e. The molecule has 12 heteroatoms. The van der Waals surface area contributed by atoms with Crippen molar-refractivity contribution < 1.29 is 26.4 Å². The zero-order chi connectivity index (χ0) is 23.8. The van der Waals surface area contributed by atoms with Gasteiger partial charge in [-0.3, -0.25) is 9.36 Å². The molecule has 1 aliphatic rings. The number of imidazole rings is 1. The van der Waals surface area contributed by atoms with E-state index in [1.54, 1.807) is 10.8 Å². The lowest BCUT2D eigenvalue weighted by Gasteiger charge is -2.34. The van der Waals surface area contributed by atoms with E-state index < -0.39 is 32.4 Å². The Morgan fingerprint density at radius 3 is 2.24 bits per heavy atom. The van der Waals surface area contributed by atoms with Crippen molar-refractivity contribution >= 4 is 27.7 Å². The normalized spacial score (nSPS) is 15.1. The monoisotopic (exact) mass is 496 g/mol. The average Bonchev–Trinajstić information content (AvgIpc) is 3.25. The number of carbonyl (C=O) groups excluding carboxylic acids is 1. The lowest BCUT2D eigenvalue weighted by atomic mass is 10.2. The second kappa shape index (κ2) is 9.20. The summed E-state index contributed by atoms with van der Waals surface area (Å²) in [6.07, 6.45) is 3.22. The molecule has 1 amide bonds. The summed E-state index contributed by atoms with van der Waals surface area (Å²) in [5.74, 6) is -2.68. The van der Waals surface area contributed by atoms with E-state index in [4.69, 9.17) is 0 Å². The second-order valence-electron chi connectivity index (χ2n) is 7.21. The van der Waals surface area contributed by atoms with Gasteiger partial charge in [-0.15, -0.1) is 0 Å². The molecule has 0 saturated carbocycles. The highest BCUT2D eigenvalue weighted by Gasteiger charge is 2.33. The molecule has 1 aromatic heterocycles. The Hall–Kier alpha value is -2.83. The van der Waals surface area contributed by atoms with E-state index >= 15 is 0 Å². The molecule has 0 unspecified atom stereocenters. The maximum atomic E-state index is 14.0. The molecule has 2 heterocycles. The van der Waals surface area contributed by atoms with Crippen LogP contribution in [0.15, 0.2) is 58.7 Å². The molecular formula is C21H19F3N4O3S2. The van der Waals surface area contributed by atoms with E-state index in [0.29, 0.717) is 16.9 Å². The topological polar surface area (TPSA) is 75.5 Å². The number of thioether (sulfide) groups is 1. The third kappa shape index (κ3) is 4.50. The average molecular weight is 497 g/mol. The molecule has 1 saturated heterocycles. The van der Waals surface area contributed by atoms with Crippen molar-refractivity contribution in [2.45, 2.75) is 10.1 Å². The molecular weight excluding hydrogens is 477 g/mol.